The lowest BCUT2D eigenvalue weighted by atomic mass is 10.1. The zero-order chi connectivity index (χ0) is 14.9. The molecule has 1 fully saturated rings. The van der Waals surface area contributed by atoms with E-state index in [9.17, 15) is 0 Å². The van der Waals surface area contributed by atoms with Crippen molar-refractivity contribution in [2.24, 2.45) is 5.73 Å². The Hall–Kier alpha value is -0.900. The Morgan fingerprint density at radius 1 is 1.00 bits per heavy atom. The van der Waals surface area contributed by atoms with Crippen LogP contribution in [0.4, 0.5) is 0 Å². The third-order valence-electron chi connectivity index (χ3n) is 4.35. The summed E-state index contributed by atoms with van der Waals surface area (Å²) in [6.45, 7) is 10.3. The molecule has 2 N–H and O–H groups in total. The Bertz CT molecular complexity index is 405. The Kier molecular flexibility index (Phi) is 7.20. The topological polar surface area (TPSA) is 32.5 Å². The summed E-state index contributed by atoms with van der Waals surface area (Å²) in [5.41, 5.74) is 8.37. The van der Waals surface area contributed by atoms with Crippen LogP contribution in [0.2, 0.25) is 0 Å². The summed E-state index contributed by atoms with van der Waals surface area (Å²) in [5, 5.41) is 0. The van der Waals surface area contributed by atoms with Gasteiger partial charge in [0.1, 0.15) is 0 Å². The molecule has 118 valence electrons. The number of hydrogen-bond donors (Lipinski definition) is 1. The molecule has 1 aromatic rings. The molecular formula is C18H31N3. The van der Waals surface area contributed by atoms with Gasteiger partial charge in [0, 0.05) is 19.6 Å². The van der Waals surface area contributed by atoms with Crippen molar-refractivity contribution in [3.63, 3.8) is 0 Å². The highest BCUT2D eigenvalue weighted by Gasteiger charge is 2.14. The largest absolute Gasteiger partial charge is 0.330 e. The summed E-state index contributed by atoms with van der Waals surface area (Å²) in [6, 6.07) is 8.92. The normalized spacial score (nSPS) is 17.8. The van der Waals surface area contributed by atoms with Crippen LogP contribution in [-0.2, 0) is 6.54 Å². The lowest BCUT2D eigenvalue weighted by molar-refractivity contribution is 0.248. The molecule has 1 saturated heterocycles. The van der Waals surface area contributed by atoms with Gasteiger partial charge in [0.25, 0.3) is 0 Å². The van der Waals surface area contributed by atoms with E-state index in [1.54, 1.807) is 0 Å². The molecule has 21 heavy (non-hydrogen) atoms. The van der Waals surface area contributed by atoms with Crippen molar-refractivity contribution < 1.29 is 0 Å². The van der Waals surface area contributed by atoms with Crippen molar-refractivity contribution in [3.8, 4) is 0 Å². The Labute approximate surface area is 130 Å². The predicted octanol–water partition coefficient (Wildman–Crippen LogP) is 2.63. The monoisotopic (exact) mass is 289 g/mol. The van der Waals surface area contributed by atoms with Crippen molar-refractivity contribution in [2.75, 3.05) is 39.3 Å². The summed E-state index contributed by atoms with van der Waals surface area (Å²) in [5.74, 6) is 0. The van der Waals surface area contributed by atoms with Gasteiger partial charge < -0.3 is 10.6 Å². The Morgan fingerprint density at radius 2 is 1.81 bits per heavy atom. The first-order valence-corrected chi connectivity index (χ1v) is 8.48. The summed E-state index contributed by atoms with van der Waals surface area (Å²) in [6.07, 6.45) is 5.05. The van der Waals surface area contributed by atoms with Crippen LogP contribution >= 0.6 is 0 Å². The fourth-order valence-electron chi connectivity index (χ4n) is 3.13. The van der Waals surface area contributed by atoms with Crippen molar-refractivity contribution in [3.05, 3.63) is 35.4 Å². The number of unbranched alkanes of at least 4 members (excludes halogenated alkanes) is 2. The highest BCUT2D eigenvalue weighted by Crippen LogP contribution is 2.11. The van der Waals surface area contributed by atoms with Crippen LogP contribution < -0.4 is 5.73 Å². The smallest absolute Gasteiger partial charge is 0.0234 e. The summed E-state index contributed by atoms with van der Waals surface area (Å²) in [7, 11) is 0. The molecule has 1 aromatic carbocycles. The molecule has 0 spiro atoms. The first kappa shape index (κ1) is 16.5. The highest BCUT2D eigenvalue weighted by molar-refractivity contribution is 5.22. The number of hydrogen-bond acceptors (Lipinski definition) is 3. The van der Waals surface area contributed by atoms with E-state index in [0.29, 0.717) is 0 Å². The summed E-state index contributed by atoms with van der Waals surface area (Å²) < 4.78 is 0. The van der Waals surface area contributed by atoms with Crippen LogP contribution in [-0.4, -0.2) is 49.1 Å². The molecular weight excluding hydrogens is 258 g/mol. The van der Waals surface area contributed by atoms with Crippen LogP contribution in [0, 0.1) is 6.92 Å². The average Bonchev–Trinajstić information content (AvgIpc) is 2.69. The third-order valence-corrected chi connectivity index (χ3v) is 4.35. The van der Waals surface area contributed by atoms with Gasteiger partial charge in [-0.3, -0.25) is 4.90 Å². The maximum Gasteiger partial charge on any atom is 0.0234 e. The van der Waals surface area contributed by atoms with E-state index in [1.165, 1.54) is 69.5 Å². The maximum absolute atomic E-state index is 5.55. The number of nitrogens with two attached hydrogens (primary N) is 1. The molecule has 1 aliphatic rings. The summed E-state index contributed by atoms with van der Waals surface area (Å²) in [4.78, 5) is 5.24. The zero-order valence-corrected chi connectivity index (χ0v) is 13.6. The van der Waals surface area contributed by atoms with E-state index < -0.39 is 0 Å². The Balaban J connectivity index is 1.73. The highest BCUT2D eigenvalue weighted by atomic mass is 15.2. The second-order valence-electron chi connectivity index (χ2n) is 6.31. The van der Waals surface area contributed by atoms with Gasteiger partial charge in [0.2, 0.25) is 0 Å². The van der Waals surface area contributed by atoms with E-state index >= 15 is 0 Å². The summed E-state index contributed by atoms with van der Waals surface area (Å²) >= 11 is 0. The molecule has 3 heteroatoms. The first-order valence-electron chi connectivity index (χ1n) is 8.48. The molecule has 3 nitrogen and oxygen atoms in total. The number of aryl methyl sites for hydroxylation is 1. The van der Waals surface area contributed by atoms with Crippen LogP contribution in [0.3, 0.4) is 0 Å². The quantitative estimate of drug-likeness (QED) is 0.783. The van der Waals surface area contributed by atoms with Gasteiger partial charge in [-0.25, -0.2) is 0 Å². The van der Waals surface area contributed by atoms with Crippen LogP contribution in [0.15, 0.2) is 24.3 Å². The van der Waals surface area contributed by atoms with Gasteiger partial charge in [0.15, 0.2) is 0 Å². The van der Waals surface area contributed by atoms with Gasteiger partial charge in [-0.15, -0.1) is 0 Å². The molecule has 2 rings (SSSR count). The molecule has 0 amide bonds. The minimum atomic E-state index is 0.838. The molecule has 0 saturated carbocycles. The fraction of sp³-hybridized carbons (Fsp3) is 0.667. The standard InChI is InChI=1S/C18H31N3/c1-17-7-5-8-18(15-17)16-21-12-6-11-20(13-14-21)10-4-2-3-9-19/h5,7-8,15H,2-4,6,9-14,16,19H2,1H3. The zero-order valence-electron chi connectivity index (χ0n) is 13.6. The molecule has 0 aromatic heterocycles. The van der Waals surface area contributed by atoms with Gasteiger partial charge in [-0.1, -0.05) is 36.2 Å². The van der Waals surface area contributed by atoms with E-state index in [0.717, 1.165) is 13.1 Å². The Morgan fingerprint density at radius 3 is 2.62 bits per heavy atom. The number of benzene rings is 1. The van der Waals surface area contributed by atoms with E-state index in [2.05, 4.69) is 41.0 Å². The van der Waals surface area contributed by atoms with Crippen LogP contribution in [0.5, 0.6) is 0 Å². The van der Waals surface area contributed by atoms with Crippen molar-refractivity contribution >= 4 is 0 Å². The van der Waals surface area contributed by atoms with Gasteiger partial charge >= 0.3 is 0 Å². The van der Waals surface area contributed by atoms with Crippen molar-refractivity contribution in [1.82, 2.24) is 9.80 Å². The molecule has 0 unspecified atom stereocenters. The molecule has 1 aliphatic heterocycles. The van der Waals surface area contributed by atoms with Gasteiger partial charge in [-0.05, 0) is 57.9 Å². The van der Waals surface area contributed by atoms with Crippen molar-refractivity contribution in [2.45, 2.75) is 39.2 Å². The molecule has 0 atom stereocenters. The van der Waals surface area contributed by atoms with Crippen molar-refractivity contribution in [1.29, 1.82) is 0 Å². The van der Waals surface area contributed by atoms with E-state index in [4.69, 9.17) is 5.73 Å². The lowest BCUT2D eigenvalue weighted by Crippen LogP contribution is -2.31. The number of rotatable bonds is 7. The SMILES string of the molecule is Cc1cccc(CN2CCCN(CCCCCN)CC2)c1. The molecule has 0 radical (unpaired) electrons. The minimum Gasteiger partial charge on any atom is -0.330 e. The predicted molar refractivity (Wildman–Crippen MR) is 90.4 cm³/mol. The van der Waals surface area contributed by atoms with Crippen LogP contribution in [0.25, 0.3) is 0 Å². The van der Waals surface area contributed by atoms with Crippen LogP contribution in [0.1, 0.15) is 36.8 Å². The molecule has 0 aliphatic carbocycles. The first-order chi connectivity index (χ1) is 10.3. The lowest BCUT2D eigenvalue weighted by Gasteiger charge is -2.22. The second kappa shape index (κ2) is 9.19. The fourth-order valence-corrected chi connectivity index (χ4v) is 3.13. The third kappa shape index (κ3) is 6.16. The van der Waals surface area contributed by atoms with Gasteiger partial charge in [0.05, 0.1) is 0 Å². The second-order valence-corrected chi connectivity index (χ2v) is 6.31. The van der Waals surface area contributed by atoms with E-state index in [1.807, 2.05) is 0 Å². The molecule has 0 bridgehead atoms. The minimum absolute atomic E-state index is 0.838. The van der Waals surface area contributed by atoms with Gasteiger partial charge in [-0.2, -0.15) is 0 Å². The molecule has 1 heterocycles. The maximum atomic E-state index is 5.55. The van der Waals surface area contributed by atoms with E-state index in [-0.39, 0.29) is 0 Å². The number of nitrogens with zero attached hydrogens (tertiary/aromatic N) is 2. The average molecular weight is 289 g/mol.